The minimum Gasteiger partial charge on any atom is -0.361 e. The molecular formula is C26H36ClN5S. The van der Waals surface area contributed by atoms with Crippen molar-refractivity contribution in [2.75, 3.05) is 29.9 Å². The van der Waals surface area contributed by atoms with Crippen molar-refractivity contribution in [3.63, 3.8) is 0 Å². The van der Waals surface area contributed by atoms with Gasteiger partial charge in [-0.1, -0.05) is 56.8 Å². The van der Waals surface area contributed by atoms with E-state index in [1.54, 1.807) is 0 Å². The molecule has 1 saturated heterocycles. The summed E-state index contributed by atoms with van der Waals surface area (Å²) in [6.45, 7) is 9.51. The molecule has 2 heterocycles. The lowest BCUT2D eigenvalue weighted by Gasteiger charge is -2.38. The number of halogens is 1. The quantitative estimate of drug-likeness (QED) is 0.498. The van der Waals surface area contributed by atoms with Gasteiger partial charge in [0.05, 0.1) is 0 Å². The highest BCUT2D eigenvalue weighted by Gasteiger charge is 2.34. The largest absolute Gasteiger partial charge is 0.361 e. The first-order valence-electron chi connectivity index (χ1n) is 12.2. The van der Waals surface area contributed by atoms with Crippen LogP contribution in [-0.4, -0.2) is 34.7 Å². The number of hydrogen-bond donors (Lipinski definition) is 2. The molecule has 1 aromatic heterocycles. The molecule has 2 N–H and O–H groups in total. The summed E-state index contributed by atoms with van der Waals surface area (Å²) in [4.78, 5) is 11.8. The molecule has 2 fully saturated rings. The van der Waals surface area contributed by atoms with Gasteiger partial charge in [-0.25, -0.2) is 4.98 Å². The first-order chi connectivity index (χ1) is 15.8. The van der Waals surface area contributed by atoms with Crippen LogP contribution in [0.2, 0.25) is 5.02 Å². The summed E-state index contributed by atoms with van der Waals surface area (Å²) in [5.41, 5.74) is 2.36. The number of piperidine rings is 1. The topological polar surface area (TPSA) is 53.1 Å². The molecule has 2 atom stereocenters. The highest BCUT2D eigenvalue weighted by atomic mass is 35.5. The minimum absolute atomic E-state index is 0.0767. The van der Waals surface area contributed by atoms with E-state index < -0.39 is 0 Å². The van der Waals surface area contributed by atoms with Crippen LogP contribution in [0, 0.1) is 18.8 Å². The second-order valence-corrected chi connectivity index (χ2v) is 11.0. The molecule has 2 aromatic rings. The molecule has 33 heavy (non-hydrogen) atoms. The van der Waals surface area contributed by atoms with Crippen LogP contribution in [-0.2, 0) is 5.41 Å². The van der Waals surface area contributed by atoms with Gasteiger partial charge in [0.15, 0.2) is 5.11 Å². The Morgan fingerprint density at radius 1 is 1.09 bits per heavy atom. The molecule has 2 unspecified atom stereocenters. The van der Waals surface area contributed by atoms with Crippen LogP contribution >= 0.6 is 23.8 Å². The second-order valence-electron chi connectivity index (χ2n) is 10.2. The van der Waals surface area contributed by atoms with Crippen molar-refractivity contribution in [2.24, 2.45) is 11.8 Å². The molecule has 0 radical (unpaired) electrons. The average Bonchev–Trinajstić information content (AvgIpc) is 2.78. The summed E-state index contributed by atoms with van der Waals surface area (Å²) in [5.74, 6) is 2.89. The van der Waals surface area contributed by atoms with Gasteiger partial charge in [-0.3, -0.25) is 0 Å². The fraction of sp³-hybridized carbons (Fsp3) is 0.577. The van der Waals surface area contributed by atoms with E-state index in [1.807, 2.05) is 19.1 Å². The first-order valence-corrected chi connectivity index (χ1v) is 13.0. The summed E-state index contributed by atoms with van der Waals surface area (Å²) in [6.07, 6.45) is 7.35. The summed E-state index contributed by atoms with van der Waals surface area (Å²) in [5, 5.41) is 8.09. The molecule has 178 valence electrons. The molecule has 1 aromatic carbocycles. The Bertz CT molecular complexity index is 948. The van der Waals surface area contributed by atoms with Crippen LogP contribution in [0.5, 0.6) is 0 Å². The maximum absolute atomic E-state index is 6.15. The van der Waals surface area contributed by atoms with Gasteiger partial charge in [0, 0.05) is 41.8 Å². The van der Waals surface area contributed by atoms with Crippen LogP contribution in [0.15, 0.2) is 30.3 Å². The molecule has 0 bridgehead atoms. The van der Waals surface area contributed by atoms with Crippen LogP contribution in [0.4, 0.5) is 11.8 Å². The molecular weight excluding hydrogens is 450 g/mol. The van der Waals surface area contributed by atoms with Crippen molar-refractivity contribution in [2.45, 2.75) is 64.7 Å². The lowest BCUT2D eigenvalue weighted by atomic mass is 9.69. The molecule has 7 heteroatoms. The van der Waals surface area contributed by atoms with Crippen molar-refractivity contribution in [1.82, 2.24) is 15.3 Å². The highest BCUT2D eigenvalue weighted by molar-refractivity contribution is 7.80. The van der Waals surface area contributed by atoms with Crippen LogP contribution < -0.4 is 15.5 Å². The highest BCUT2D eigenvalue weighted by Crippen LogP contribution is 2.39. The van der Waals surface area contributed by atoms with Crippen molar-refractivity contribution >= 4 is 40.7 Å². The lowest BCUT2D eigenvalue weighted by Crippen LogP contribution is -2.43. The Balaban J connectivity index is 1.43. The number of rotatable bonds is 5. The fourth-order valence-corrected chi connectivity index (χ4v) is 5.90. The van der Waals surface area contributed by atoms with E-state index in [4.69, 9.17) is 28.8 Å². The second kappa shape index (κ2) is 10.6. The van der Waals surface area contributed by atoms with Gasteiger partial charge in [-0.15, -0.1) is 0 Å². The Labute approximate surface area is 208 Å². The van der Waals surface area contributed by atoms with Gasteiger partial charge in [-0.05, 0) is 67.9 Å². The van der Waals surface area contributed by atoms with E-state index in [-0.39, 0.29) is 5.41 Å². The summed E-state index contributed by atoms with van der Waals surface area (Å²) >= 11 is 11.8. The minimum atomic E-state index is 0.0767. The molecule has 0 amide bonds. The van der Waals surface area contributed by atoms with Gasteiger partial charge >= 0.3 is 0 Å². The zero-order valence-electron chi connectivity index (χ0n) is 20.0. The lowest BCUT2D eigenvalue weighted by molar-refractivity contribution is 0.292. The fourth-order valence-electron chi connectivity index (χ4n) is 5.61. The number of thiocarbonyl (C=S) groups is 1. The Morgan fingerprint density at radius 2 is 1.76 bits per heavy atom. The van der Waals surface area contributed by atoms with E-state index in [1.165, 1.54) is 31.2 Å². The van der Waals surface area contributed by atoms with E-state index in [0.29, 0.717) is 22.9 Å². The number of nitrogens with zero attached hydrogens (tertiary/aromatic N) is 3. The predicted molar refractivity (Wildman–Crippen MR) is 142 cm³/mol. The number of nitrogens with one attached hydrogen (secondary N) is 2. The summed E-state index contributed by atoms with van der Waals surface area (Å²) in [7, 11) is 0. The monoisotopic (exact) mass is 485 g/mol. The van der Waals surface area contributed by atoms with Crippen LogP contribution in [0.25, 0.3) is 0 Å². The molecule has 0 spiro atoms. The molecule has 1 aliphatic heterocycles. The van der Waals surface area contributed by atoms with Gasteiger partial charge < -0.3 is 15.5 Å². The van der Waals surface area contributed by atoms with Crippen molar-refractivity contribution < 1.29 is 0 Å². The average molecular weight is 486 g/mol. The van der Waals surface area contributed by atoms with Crippen molar-refractivity contribution in [3.8, 4) is 0 Å². The molecule has 5 nitrogen and oxygen atoms in total. The van der Waals surface area contributed by atoms with Crippen molar-refractivity contribution in [3.05, 3.63) is 46.6 Å². The third kappa shape index (κ3) is 6.15. The predicted octanol–water partition coefficient (Wildman–Crippen LogP) is 6.11. The van der Waals surface area contributed by atoms with Crippen LogP contribution in [0.1, 0.15) is 63.6 Å². The molecule has 1 saturated carbocycles. The standard InChI is InChI=1S/C26H36ClN5S/c1-18-13-19(2)16-32(15-18)23-14-20(3)29-24(30-23)31-25(33)28-17-26(11-5-4-6-12-26)21-7-9-22(27)10-8-21/h7-10,14,18-19H,4-6,11-13,15-17H2,1-3H3,(H2,28,29,30,31,33). The van der Waals surface area contributed by atoms with Gasteiger partial charge in [0.2, 0.25) is 5.95 Å². The van der Waals surface area contributed by atoms with Crippen LogP contribution in [0.3, 0.4) is 0 Å². The Morgan fingerprint density at radius 3 is 2.42 bits per heavy atom. The normalized spacial score (nSPS) is 22.6. The summed E-state index contributed by atoms with van der Waals surface area (Å²) in [6, 6.07) is 10.4. The molecule has 4 rings (SSSR count). The third-order valence-electron chi connectivity index (χ3n) is 7.11. The maximum Gasteiger partial charge on any atom is 0.231 e. The summed E-state index contributed by atoms with van der Waals surface area (Å²) < 4.78 is 0. The molecule has 2 aliphatic rings. The van der Waals surface area contributed by atoms with E-state index in [0.717, 1.165) is 49.0 Å². The maximum atomic E-state index is 6.15. The van der Waals surface area contributed by atoms with Gasteiger partial charge in [0.1, 0.15) is 5.82 Å². The van der Waals surface area contributed by atoms with Crippen molar-refractivity contribution in [1.29, 1.82) is 0 Å². The SMILES string of the molecule is Cc1cc(N2CC(C)CC(C)C2)nc(NC(=S)NCC2(c3ccc(Cl)cc3)CCCCC2)n1. The van der Waals surface area contributed by atoms with Gasteiger partial charge in [-0.2, -0.15) is 4.98 Å². The number of anilines is 2. The zero-order chi connectivity index (χ0) is 23.4. The third-order valence-corrected chi connectivity index (χ3v) is 7.61. The number of benzene rings is 1. The van der Waals surface area contributed by atoms with E-state index in [9.17, 15) is 0 Å². The Kier molecular flexibility index (Phi) is 7.75. The number of aromatic nitrogens is 2. The number of hydrogen-bond acceptors (Lipinski definition) is 4. The molecule has 1 aliphatic carbocycles. The smallest absolute Gasteiger partial charge is 0.231 e. The van der Waals surface area contributed by atoms with E-state index >= 15 is 0 Å². The Hall–Kier alpha value is -1.92. The van der Waals surface area contributed by atoms with Gasteiger partial charge in [0.25, 0.3) is 0 Å². The zero-order valence-corrected chi connectivity index (χ0v) is 21.6. The number of aryl methyl sites for hydroxylation is 1. The van der Waals surface area contributed by atoms with E-state index in [2.05, 4.69) is 52.6 Å². The first kappa shape index (κ1) is 24.2.